The van der Waals surface area contributed by atoms with Gasteiger partial charge in [-0.05, 0) is 39.7 Å². The van der Waals surface area contributed by atoms with E-state index >= 15 is 0 Å². The van der Waals surface area contributed by atoms with Gasteiger partial charge in [-0.25, -0.2) is 9.78 Å². The van der Waals surface area contributed by atoms with E-state index in [1.54, 1.807) is 0 Å². The summed E-state index contributed by atoms with van der Waals surface area (Å²) in [6.07, 6.45) is 3.60. The van der Waals surface area contributed by atoms with Gasteiger partial charge in [0, 0.05) is 43.6 Å². The van der Waals surface area contributed by atoms with Gasteiger partial charge in [0.25, 0.3) is 0 Å². The quantitative estimate of drug-likeness (QED) is 0.902. The van der Waals surface area contributed by atoms with Crippen LogP contribution in [0.3, 0.4) is 0 Å². The van der Waals surface area contributed by atoms with Crippen LogP contribution in [-0.2, 0) is 11.2 Å². The summed E-state index contributed by atoms with van der Waals surface area (Å²) in [5, 5.41) is 3.34. The van der Waals surface area contributed by atoms with Crippen molar-refractivity contribution in [3.05, 3.63) is 17.8 Å². The molecule has 0 radical (unpaired) electrons. The Bertz CT molecular complexity index is 612. The number of nitrogens with zero attached hydrogens (tertiary/aromatic N) is 3. The minimum absolute atomic E-state index is 0.173. The number of hydrogen-bond acceptors (Lipinski definition) is 5. The lowest BCUT2D eigenvalue weighted by molar-refractivity contribution is 0.0136. The molecule has 132 valence electrons. The van der Waals surface area contributed by atoms with Crippen molar-refractivity contribution in [1.82, 2.24) is 9.88 Å². The minimum atomic E-state index is -0.454. The van der Waals surface area contributed by atoms with Crippen LogP contribution in [0.4, 0.5) is 16.3 Å². The second kappa shape index (κ2) is 6.49. The van der Waals surface area contributed by atoms with Crippen LogP contribution in [-0.4, -0.2) is 53.8 Å². The topological polar surface area (TPSA) is 57.7 Å². The summed E-state index contributed by atoms with van der Waals surface area (Å²) in [6, 6.07) is 2.27. The lowest BCUT2D eigenvalue weighted by Crippen LogP contribution is -2.56. The molecule has 24 heavy (non-hydrogen) atoms. The molecule has 1 aromatic rings. The molecule has 3 heterocycles. The Hall–Kier alpha value is -1.98. The number of carbonyl (C=O) groups excluding carboxylic acids is 1. The molecule has 0 bridgehead atoms. The van der Waals surface area contributed by atoms with E-state index in [-0.39, 0.29) is 12.1 Å². The monoisotopic (exact) mass is 332 g/mol. The molecule has 1 saturated heterocycles. The second-order valence-corrected chi connectivity index (χ2v) is 7.52. The third-order valence-electron chi connectivity index (χ3n) is 4.62. The Balaban J connectivity index is 1.74. The van der Waals surface area contributed by atoms with Crippen molar-refractivity contribution in [2.75, 3.05) is 36.4 Å². The zero-order valence-corrected chi connectivity index (χ0v) is 15.1. The first kappa shape index (κ1) is 16.9. The van der Waals surface area contributed by atoms with E-state index in [9.17, 15) is 4.79 Å². The van der Waals surface area contributed by atoms with Crippen LogP contribution in [0.25, 0.3) is 0 Å². The molecule has 0 aliphatic carbocycles. The lowest BCUT2D eigenvalue weighted by atomic mass is 10.1. The Kier molecular flexibility index (Phi) is 4.56. The predicted octanol–water partition coefficient (Wildman–Crippen LogP) is 2.89. The number of pyridine rings is 1. The van der Waals surface area contributed by atoms with E-state index in [1.807, 2.05) is 31.9 Å². The molecule has 6 heteroatoms. The third kappa shape index (κ3) is 3.42. The summed E-state index contributed by atoms with van der Waals surface area (Å²) in [6.45, 7) is 11.2. The van der Waals surface area contributed by atoms with Crippen LogP contribution in [0.1, 0.15) is 39.7 Å². The first-order chi connectivity index (χ1) is 11.4. The van der Waals surface area contributed by atoms with Gasteiger partial charge in [0.05, 0.1) is 6.04 Å². The van der Waals surface area contributed by atoms with Gasteiger partial charge in [-0.15, -0.1) is 0 Å². The highest BCUT2D eigenvalue weighted by atomic mass is 16.6. The van der Waals surface area contributed by atoms with E-state index in [0.717, 1.165) is 38.3 Å². The van der Waals surface area contributed by atoms with Crippen molar-refractivity contribution in [2.24, 2.45) is 0 Å². The van der Waals surface area contributed by atoms with Crippen molar-refractivity contribution in [1.29, 1.82) is 0 Å². The molecule has 1 amide bonds. The number of rotatable bonds is 2. The van der Waals surface area contributed by atoms with Crippen molar-refractivity contribution in [3.63, 3.8) is 0 Å². The molecular formula is C18H28N4O2. The molecule has 0 spiro atoms. The van der Waals surface area contributed by atoms with Crippen LogP contribution >= 0.6 is 0 Å². The second-order valence-electron chi connectivity index (χ2n) is 7.52. The van der Waals surface area contributed by atoms with Crippen molar-refractivity contribution in [2.45, 2.75) is 52.2 Å². The highest BCUT2D eigenvalue weighted by molar-refractivity contribution is 5.70. The molecule has 1 fully saturated rings. The maximum atomic E-state index is 12.5. The van der Waals surface area contributed by atoms with E-state index in [2.05, 4.69) is 28.2 Å². The van der Waals surface area contributed by atoms with Crippen molar-refractivity contribution < 1.29 is 9.53 Å². The van der Waals surface area contributed by atoms with Crippen molar-refractivity contribution in [3.8, 4) is 0 Å². The van der Waals surface area contributed by atoms with Gasteiger partial charge in [0.15, 0.2) is 0 Å². The van der Waals surface area contributed by atoms with Gasteiger partial charge in [-0.1, -0.05) is 6.92 Å². The summed E-state index contributed by atoms with van der Waals surface area (Å²) in [5.41, 5.74) is 2.11. The van der Waals surface area contributed by atoms with Gasteiger partial charge in [0.2, 0.25) is 0 Å². The molecule has 3 rings (SSSR count). The summed E-state index contributed by atoms with van der Waals surface area (Å²) >= 11 is 0. The van der Waals surface area contributed by atoms with Crippen molar-refractivity contribution >= 4 is 17.6 Å². The zero-order chi connectivity index (χ0) is 17.3. The van der Waals surface area contributed by atoms with Crippen LogP contribution in [0.15, 0.2) is 12.3 Å². The van der Waals surface area contributed by atoms with Crippen LogP contribution < -0.4 is 10.2 Å². The summed E-state index contributed by atoms with van der Waals surface area (Å²) in [4.78, 5) is 21.2. The van der Waals surface area contributed by atoms with Gasteiger partial charge in [-0.2, -0.15) is 0 Å². The molecule has 0 unspecified atom stereocenters. The Morgan fingerprint density at radius 3 is 2.92 bits per heavy atom. The predicted molar refractivity (Wildman–Crippen MR) is 95.7 cm³/mol. The largest absolute Gasteiger partial charge is 0.444 e. The number of aromatic nitrogens is 1. The van der Waals surface area contributed by atoms with E-state index in [4.69, 9.17) is 4.74 Å². The Morgan fingerprint density at radius 2 is 2.21 bits per heavy atom. The smallest absolute Gasteiger partial charge is 0.410 e. The van der Waals surface area contributed by atoms with Gasteiger partial charge < -0.3 is 19.9 Å². The summed E-state index contributed by atoms with van der Waals surface area (Å²) in [7, 11) is 0. The summed E-state index contributed by atoms with van der Waals surface area (Å²) in [5.74, 6) is 1.01. The average molecular weight is 332 g/mol. The maximum absolute atomic E-state index is 12.5. The molecule has 2 aliphatic heterocycles. The molecule has 6 nitrogen and oxygen atoms in total. The number of amides is 1. The molecule has 0 aromatic carbocycles. The standard InChI is InChI=1S/C18H28N4O2/c1-5-13-12-21(10-11-22(13)17(23)24-18(2,3)4)15-7-9-20-16-14(15)6-8-19-16/h7,9,13H,5-6,8,10-12H2,1-4H3,(H,19,20)/t13-/m1/s1. The lowest BCUT2D eigenvalue weighted by Gasteiger charge is -2.42. The minimum Gasteiger partial charge on any atom is -0.444 e. The SMILES string of the molecule is CC[C@@H]1CN(c2ccnc3c2CCN3)CCN1C(=O)OC(C)(C)C. The number of fused-ring (bicyclic) bond motifs is 1. The number of hydrogen-bond donors (Lipinski definition) is 1. The number of nitrogens with one attached hydrogen (secondary N) is 1. The number of piperazine rings is 1. The molecule has 2 aliphatic rings. The fraction of sp³-hybridized carbons (Fsp3) is 0.667. The fourth-order valence-electron chi connectivity index (χ4n) is 3.47. The average Bonchev–Trinajstić information content (AvgIpc) is 3.01. The number of ether oxygens (including phenoxy) is 1. The van der Waals surface area contributed by atoms with Crippen LogP contribution in [0, 0.1) is 0 Å². The maximum Gasteiger partial charge on any atom is 0.410 e. The molecule has 0 saturated carbocycles. The van der Waals surface area contributed by atoms with Gasteiger partial charge >= 0.3 is 6.09 Å². The molecule has 1 N–H and O–H groups in total. The molecular weight excluding hydrogens is 304 g/mol. The normalized spacial score (nSPS) is 20.6. The van der Waals surface area contributed by atoms with Gasteiger partial charge in [-0.3, -0.25) is 0 Å². The van der Waals surface area contributed by atoms with E-state index in [1.165, 1.54) is 11.3 Å². The third-order valence-corrected chi connectivity index (χ3v) is 4.62. The first-order valence-corrected chi connectivity index (χ1v) is 8.85. The molecule has 1 atom stereocenters. The highest BCUT2D eigenvalue weighted by Gasteiger charge is 2.33. The highest BCUT2D eigenvalue weighted by Crippen LogP contribution is 2.31. The van der Waals surface area contributed by atoms with Gasteiger partial charge in [0.1, 0.15) is 11.4 Å². The first-order valence-electron chi connectivity index (χ1n) is 8.85. The Labute approximate surface area is 144 Å². The zero-order valence-electron chi connectivity index (χ0n) is 15.1. The Morgan fingerprint density at radius 1 is 1.42 bits per heavy atom. The van der Waals surface area contributed by atoms with Crippen LogP contribution in [0.2, 0.25) is 0 Å². The fourth-order valence-corrected chi connectivity index (χ4v) is 3.47. The summed E-state index contributed by atoms with van der Waals surface area (Å²) < 4.78 is 5.57. The van der Waals surface area contributed by atoms with Crippen LogP contribution in [0.5, 0.6) is 0 Å². The van der Waals surface area contributed by atoms with E-state index < -0.39 is 5.60 Å². The number of anilines is 2. The van der Waals surface area contributed by atoms with E-state index in [0.29, 0.717) is 6.54 Å². The number of carbonyl (C=O) groups is 1. The molecule has 1 aromatic heterocycles.